The van der Waals surface area contributed by atoms with Gasteiger partial charge in [-0.1, -0.05) is 6.92 Å². The Bertz CT molecular complexity index is 290. The summed E-state index contributed by atoms with van der Waals surface area (Å²) in [6.45, 7) is 3.12. The molecule has 2 unspecified atom stereocenters. The molecular formula is C13H24N2O4. The van der Waals surface area contributed by atoms with Gasteiger partial charge in [0.25, 0.3) is 0 Å². The fraction of sp³-hybridized carbons (Fsp3) is 0.846. The van der Waals surface area contributed by atoms with E-state index in [4.69, 9.17) is 9.84 Å². The number of hydrogen-bond donors (Lipinski definition) is 2. The maximum Gasteiger partial charge on any atom is 0.227 e. The van der Waals surface area contributed by atoms with Crippen LogP contribution in [0.4, 0.5) is 0 Å². The van der Waals surface area contributed by atoms with Gasteiger partial charge >= 0.3 is 0 Å². The number of aliphatic hydroxyl groups excluding tert-OH is 1. The van der Waals surface area contributed by atoms with Crippen LogP contribution in [-0.2, 0) is 14.3 Å². The van der Waals surface area contributed by atoms with Gasteiger partial charge in [0, 0.05) is 32.8 Å². The van der Waals surface area contributed by atoms with E-state index >= 15 is 0 Å². The number of carbonyl (C=O) groups is 2. The second-order valence-corrected chi connectivity index (χ2v) is 4.95. The molecule has 19 heavy (non-hydrogen) atoms. The van der Waals surface area contributed by atoms with Crippen LogP contribution >= 0.6 is 0 Å². The number of hydrogen-bond acceptors (Lipinski definition) is 4. The van der Waals surface area contributed by atoms with Crippen LogP contribution in [0.3, 0.4) is 0 Å². The van der Waals surface area contributed by atoms with Crippen LogP contribution in [0.5, 0.6) is 0 Å². The van der Waals surface area contributed by atoms with Crippen LogP contribution in [0.25, 0.3) is 0 Å². The number of amides is 2. The molecule has 0 bridgehead atoms. The molecule has 1 fully saturated rings. The Labute approximate surface area is 114 Å². The van der Waals surface area contributed by atoms with Gasteiger partial charge in [0.2, 0.25) is 12.3 Å². The van der Waals surface area contributed by atoms with Gasteiger partial charge in [-0.05, 0) is 19.3 Å². The van der Waals surface area contributed by atoms with E-state index in [1.165, 1.54) is 0 Å². The number of nitrogens with zero attached hydrogens (tertiary/aromatic N) is 1. The third kappa shape index (κ3) is 4.47. The first-order valence-corrected chi connectivity index (χ1v) is 6.76. The summed E-state index contributed by atoms with van der Waals surface area (Å²) in [4.78, 5) is 24.7. The number of piperidine rings is 1. The van der Waals surface area contributed by atoms with Crippen LogP contribution < -0.4 is 5.32 Å². The van der Waals surface area contributed by atoms with E-state index in [1.807, 2.05) is 4.90 Å². The SMILES string of the molecule is COC1CCN(C(=O)C(C)C(CCO)NC=O)CC1. The first kappa shape index (κ1) is 15.9. The van der Waals surface area contributed by atoms with Crippen molar-refractivity contribution in [3.8, 4) is 0 Å². The summed E-state index contributed by atoms with van der Waals surface area (Å²) in [7, 11) is 1.69. The first-order chi connectivity index (χ1) is 9.13. The lowest BCUT2D eigenvalue weighted by atomic mass is 9.96. The highest BCUT2D eigenvalue weighted by Gasteiger charge is 2.30. The van der Waals surface area contributed by atoms with Crippen molar-refractivity contribution < 1.29 is 19.4 Å². The average Bonchev–Trinajstić information content (AvgIpc) is 2.45. The topological polar surface area (TPSA) is 78.9 Å². The van der Waals surface area contributed by atoms with Crippen LogP contribution in [0, 0.1) is 5.92 Å². The minimum atomic E-state index is -0.323. The molecule has 0 spiro atoms. The van der Waals surface area contributed by atoms with Gasteiger partial charge in [0.15, 0.2) is 0 Å². The molecule has 0 aromatic rings. The molecule has 1 rings (SSSR count). The van der Waals surface area contributed by atoms with Crippen LogP contribution in [0.15, 0.2) is 0 Å². The third-order valence-electron chi connectivity index (χ3n) is 3.80. The van der Waals surface area contributed by atoms with Crippen LogP contribution in [0.1, 0.15) is 26.2 Å². The maximum absolute atomic E-state index is 12.3. The standard InChI is InChI=1S/C13H24N2O4/c1-10(12(5-8-16)14-9-17)13(18)15-6-3-11(19-2)4-7-15/h9-12,16H,3-8H2,1-2H3,(H,14,17). The molecule has 0 aliphatic carbocycles. The molecule has 6 nitrogen and oxygen atoms in total. The van der Waals surface area contributed by atoms with Crippen LogP contribution in [0.2, 0.25) is 0 Å². The Morgan fingerprint density at radius 1 is 1.53 bits per heavy atom. The lowest BCUT2D eigenvalue weighted by Crippen LogP contribution is -2.48. The van der Waals surface area contributed by atoms with Gasteiger partial charge in [-0.25, -0.2) is 0 Å². The molecule has 1 heterocycles. The van der Waals surface area contributed by atoms with E-state index in [9.17, 15) is 9.59 Å². The molecule has 6 heteroatoms. The minimum absolute atomic E-state index is 0.0300. The number of rotatable bonds is 7. The summed E-state index contributed by atoms with van der Waals surface area (Å²) in [5.74, 6) is -0.293. The fourth-order valence-electron chi connectivity index (χ4n) is 2.48. The molecule has 2 amide bonds. The van der Waals surface area contributed by atoms with Crippen LogP contribution in [-0.4, -0.2) is 61.3 Å². The molecule has 1 saturated heterocycles. The highest BCUT2D eigenvalue weighted by molar-refractivity contribution is 5.79. The molecule has 110 valence electrons. The van der Waals surface area contributed by atoms with E-state index in [0.29, 0.717) is 25.9 Å². The third-order valence-corrected chi connectivity index (χ3v) is 3.80. The van der Waals surface area contributed by atoms with Crippen molar-refractivity contribution in [2.24, 2.45) is 5.92 Å². The van der Waals surface area contributed by atoms with Crippen molar-refractivity contribution in [3.05, 3.63) is 0 Å². The second kappa shape index (κ2) is 8.12. The van der Waals surface area contributed by atoms with Crippen molar-refractivity contribution in [2.75, 3.05) is 26.8 Å². The molecule has 1 aliphatic rings. The molecule has 1 aliphatic heterocycles. The van der Waals surface area contributed by atoms with Gasteiger partial charge in [0.1, 0.15) is 0 Å². The normalized spacial score (nSPS) is 19.8. The summed E-state index contributed by atoms with van der Waals surface area (Å²) in [6, 6.07) is -0.310. The van der Waals surface area contributed by atoms with Crippen molar-refractivity contribution in [3.63, 3.8) is 0 Å². The molecule has 0 saturated carbocycles. The second-order valence-electron chi connectivity index (χ2n) is 4.95. The van der Waals surface area contributed by atoms with E-state index < -0.39 is 0 Å². The Morgan fingerprint density at radius 2 is 2.16 bits per heavy atom. The summed E-state index contributed by atoms with van der Waals surface area (Å²) in [5.41, 5.74) is 0. The Kier molecular flexibility index (Phi) is 6.80. The first-order valence-electron chi connectivity index (χ1n) is 6.76. The zero-order valence-electron chi connectivity index (χ0n) is 11.7. The molecule has 2 atom stereocenters. The highest BCUT2D eigenvalue weighted by atomic mass is 16.5. The minimum Gasteiger partial charge on any atom is -0.396 e. The van der Waals surface area contributed by atoms with Gasteiger partial charge in [-0.2, -0.15) is 0 Å². The number of ether oxygens (including phenoxy) is 1. The fourth-order valence-corrected chi connectivity index (χ4v) is 2.48. The zero-order chi connectivity index (χ0) is 14.3. The van der Waals surface area contributed by atoms with E-state index in [1.54, 1.807) is 14.0 Å². The lowest BCUT2D eigenvalue weighted by molar-refractivity contribution is -0.138. The highest BCUT2D eigenvalue weighted by Crippen LogP contribution is 2.17. The van der Waals surface area contributed by atoms with Gasteiger partial charge in [-0.3, -0.25) is 9.59 Å². The lowest BCUT2D eigenvalue weighted by Gasteiger charge is -2.34. The van der Waals surface area contributed by atoms with Gasteiger partial charge in [-0.15, -0.1) is 0 Å². The largest absolute Gasteiger partial charge is 0.396 e. The van der Waals surface area contributed by atoms with Crippen molar-refractivity contribution in [2.45, 2.75) is 38.3 Å². The number of carbonyl (C=O) groups excluding carboxylic acids is 2. The Balaban J connectivity index is 2.53. The molecule has 0 aromatic carbocycles. The molecule has 0 radical (unpaired) electrons. The predicted molar refractivity (Wildman–Crippen MR) is 70.5 cm³/mol. The molecular weight excluding hydrogens is 248 g/mol. The summed E-state index contributed by atoms with van der Waals surface area (Å²) in [5, 5.41) is 11.6. The van der Waals surface area contributed by atoms with Crippen molar-refractivity contribution in [1.82, 2.24) is 10.2 Å². The van der Waals surface area contributed by atoms with Crippen molar-refractivity contribution in [1.29, 1.82) is 0 Å². The van der Waals surface area contributed by atoms with E-state index in [0.717, 1.165) is 12.8 Å². The number of methoxy groups -OCH3 is 1. The van der Waals surface area contributed by atoms with E-state index in [2.05, 4.69) is 5.32 Å². The summed E-state index contributed by atoms with van der Waals surface area (Å²) in [6.07, 6.45) is 2.91. The van der Waals surface area contributed by atoms with Gasteiger partial charge < -0.3 is 20.1 Å². The summed E-state index contributed by atoms with van der Waals surface area (Å²) < 4.78 is 5.27. The zero-order valence-corrected chi connectivity index (χ0v) is 11.7. The smallest absolute Gasteiger partial charge is 0.227 e. The molecule has 2 N–H and O–H groups in total. The van der Waals surface area contributed by atoms with E-state index in [-0.39, 0.29) is 30.6 Å². The average molecular weight is 272 g/mol. The monoisotopic (exact) mass is 272 g/mol. The molecule has 0 aromatic heterocycles. The Hall–Kier alpha value is -1.14. The van der Waals surface area contributed by atoms with Crippen molar-refractivity contribution >= 4 is 12.3 Å². The number of nitrogens with one attached hydrogen (secondary N) is 1. The maximum atomic E-state index is 12.3. The summed E-state index contributed by atoms with van der Waals surface area (Å²) >= 11 is 0. The van der Waals surface area contributed by atoms with Gasteiger partial charge in [0.05, 0.1) is 12.0 Å². The Morgan fingerprint density at radius 3 is 2.63 bits per heavy atom. The number of aliphatic hydroxyl groups is 1. The number of likely N-dealkylation sites (tertiary alicyclic amines) is 1. The quantitative estimate of drug-likeness (QED) is 0.627. The predicted octanol–water partition coefficient (Wildman–Crippen LogP) is -0.243.